The molecule has 27 heavy (non-hydrogen) atoms. The fourth-order valence-electron chi connectivity index (χ4n) is 2.36. The Labute approximate surface area is 164 Å². The highest BCUT2D eigenvalue weighted by Crippen LogP contribution is 2.14. The number of hydrogen-bond acceptors (Lipinski definition) is 7. The van der Waals surface area contributed by atoms with Crippen molar-refractivity contribution in [1.82, 2.24) is 4.57 Å². The molecule has 0 radical (unpaired) electrons. The Balaban J connectivity index is 2.53. The van der Waals surface area contributed by atoms with Crippen molar-refractivity contribution in [1.29, 1.82) is 10.5 Å². The Morgan fingerprint density at radius 3 is 2.52 bits per heavy atom. The van der Waals surface area contributed by atoms with Gasteiger partial charge in [-0.2, -0.15) is 10.5 Å². The van der Waals surface area contributed by atoms with Crippen LogP contribution in [0.4, 0.5) is 0 Å². The molecule has 1 heterocycles. The maximum absolute atomic E-state index is 12.8. The van der Waals surface area contributed by atoms with Gasteiger partial charge in [0.25, 0.3) is 5.56 Å². The molecule has 1 aromatic carbocycles. The van der Waals surface area contributed by atoms with Gasteiger partial charge in [0.15, 0.2) is 5.57 Å². The van der Waals surface area contributed by atoms with Crippen LogP contribution in [0.5, 0.6) is 0 Å². The fourth-order valence-corrected chi connectivity index (χ4v) is 3.85. The zero-order valence-electron chi connectivity index (χ0n) is 14.9. The molecule has 2 rings (SSSR count). The predicted molar refractivity (Wildman–Crippen MR) is 106 cm³/mol. The molecule has 2 aromatic rings. The molecule has 0 aliphatic heterocycles. The van der Waals surface area contributed by atoms with Gasteiger partial charge in [0.2, 0.25) is 0 Å². The van der Waals surface area contributed by atoms with Crippen LogP contribution in [0, 0.1) is 22.7 Å². The number of nitriles is 2. The van der Waals surface area contributed by atoms with E-state index in [0.717, 1.165) is 21.8 Å². The number of methoxy groups -OCH3 is 1. The summed E-state index contributed by atoms with van der Waals surface area (Å²) in [6.45, 7) is 0.228. The summed E-state index contributed by atoms with van der Waals surface area (Å²) in [4.78, 5) is 25.2. The lowest BCUT2D eigenvalue weighted by atomic mass is 10.2. The van der Waals surface area contributed by atoms with Crippen molar-refractivity contribution in [2.45, 2.75) is 24.3 Å². The van der Waals surface area contributed by atoms with E-state index in [4.69, 9.17) is 0 Å². The second kappa shape index (κ2) is 9.77. The average molecular weight is 399 g/mol. The molecule has 6 nitrogen and oxygen atoms in total. The van der Waals surface area contributed by atoms with Crippen LogP contribution in [0.3, 0.4) is 0 Å². The molecule has 0 atom stereocenters. The topological polar surface area (TPSA) is 95.9 Å². The molecule has 0 aliphatic carbocycles. The van der Waals surface area contributed by atoms with Gasteiger partial charge in [0, 0.05) is 17.9 Å². The minimum absolute atomic E-state index is 0.118. The molecule has 0 aliphatic rings. The van der Waals surface area contributed by atoms with Crippen LogP contribution in [-0.2, 0) is 16.1 Å². The highest BCUT2D eigenvalue weighted by atomic mass is 32.2. The molecule has 8 heteroatoms. The first-order chi connectivity index (χ1) is 13.0. The Morgan fingerprint density at radius 1 is 1.30 bits per heavy atom. The standard InChI is InChI=1S/C19H17N3O3S2/c1-25-17(23)4-3-9-22-18(24)16(27-19(22)14(11-20)12-21)10-13-5-7-15(26-2)8-6-13/h5-8,10H,3-4,9H2,1-2H3/b16-10+. The quantitative estimate of drug-likeness (QED) is 0.541. The van der Waals surface area contributed by atoms with E-state index in [0.29, 0.717) is 15.6 Å². The molecule has 0 saturated carbocycles. The van der Waals surface area contributed by atoms with Crippen LogP contribution >= 0.6 is 23.1 Å². The van der Waals surface area contributed by atoms with Crippen LogP contribution in [0.1, 0.15) is 18.4 Å². The van der Waals surface area contributed by atoms with Gasteiger partial charge in [-0.1, -0.05) is 12.1 Å². The zero-order valence-corrected chi connectivity index (χ0v) is 16.5. The summed E-state index contributed by atoms with van der Waals surface area (Å²) in [7, 11) is 1.30. The average Bonchev–Trinajstić information content (AvgIpc) is 2.99. The zero-order chi connectivity index (χ0) is 19.8. The van der Waals surface area contributed by atoms with Gasteiger partial charge in [0.1, 0.15) is 16.8 Å². The minimum Gasteiger partial charge on any atom is -0.469 e. The fraction of sp³-hybridized carbons (Fsp3) is 0.263. The number of hydrogen-bond donors (Lipinski definition) is 0. The number of thiazole rings is 1. The van der Waals surface area contributed by atoms with Crippen molar-refractivity contribution in [2.75, 3.05) is 13.4 Å². The second-order valence-corrected chi connectivity index (χ2v) is 7.33. The van der Waals surface area contributed by atoms with Gasteiger partial charge in [-0.3, -0.25) is 14.2 Å². The third-order valence-corrected chi connectivity index (χ3v) is 5.62. The summed E-state index contributed by atoms with van der Waals surface area (Å²) >= 11 is 2.73. The maximum Gasteiger partial charge on any atom is 0.305 e. The van der Waals surface area contributed by atoms with Crippen molar-refractivity contribution >= 4 is 40.7 Å². The number of benzene rings is 1. The highest BCUT2D eigenvalue weighted by molar-refractivity contribution is 7.98. The molecule has 0 amide bonds. The first-order valence-corrected chi connectivity index (χ1v) is 10.0. The number of thioether (sulfide) groups is 1. The number of nitrogens with zero attached hydrogens (tertiary/aromatic N) is 3. The molecule has 138 valence electrons. The lowest BCUT2D eigenvalue weighted by molar-refractivity contribution is -0.140. The summed E-state index contributed by atoms with van der Waals surface area (Å²) in [6.07, 6.45) is 4.26. The first kappa shape index (κ1) is 20.5. The maximum atomic E-state index is 12.8. The Morgan fingerprint density at radius 2 is 1.96 bits per heavy atom. The van der Waals surface area contributed by atoms with E-state index in [1.165, 1.54) is 11.7 Å². The summed E-state index contributed by atoms with van der Waals surface area (Å²) in [6, 6.07) is 11.4. The van der Waals surface area contributed by atoms with Gasteiger partial charge >= 0.3 is 5.97 Å². The summed E-state index contributed by atoms with van der Waals surface area (Å²) in [5.74, 6) is -0.370. The molecule has 0 unspecified atom stereocenters. The molecule has 0 saturated heterocycles. The van der Waals surface area contributed by atoms with Crippen LogP contribution < -0.4 is 14.8 Å². The molecular weight excluding hydrogens is 382 g/mol. The smallest absolute Gasteiger partial charge is 0.305 e. The largest absolute Gasteiger partial charge is 0.469 e. The summed E-state index contributed by atoms with van der Waals surface area (Å²) in [5.41, 5.74) is 0.458. The predicted octanol–water partition coefficient (Wildman–Crippen LogP) is 1.61. The molecule has 0 N–H and O–H groups in total. The van der Waals surface area contributed by atoms with Crippen molar-refractivity contribution in [3.05, 3.63) is 49.4 Å². The summed E-state index contributed by atoms with van der Waals surface area (Å²) in [5, 5.41) is 18.4. The van der Waals surface area contributed by atoms with Crippen LogP contribution in [0.15, 0.2) is 34.0 Å². The Bertz CT molecular complexity index is 1070. The van der Waals surface area contributed by atoms with Crippen LogP contribution in [-0.4, -0.2) is 23.9 Å². The number of aromatic nitrogens is 1. The van der Waals surface area contributed by atoms with Crippen molar-refractivity contribution in [3.63, 3.8) is 0 Å². The first-order valence-electron chi connectivity index (χ1n) is 8.00. The lowest BCUT2D eigenvalue weighted by Crippen LogP contribution is -2.32. The monoisotopic (exact) mass is 399 g/mol. The van der Waals surface area contributed by atoms with E-state index in [1.54, 1.807) is 17.8 Å². The van der Waals surface area contributed by atoms with Gasteiger partial charge in [-0.05, 0) is 36.4 Å². The Kier molecular flexibility index (Phi) is 7.42. The minimum atomic E-state index is -0.370. The molecule has 0 bridgehead atoms. The third kappa shape index (κ3) is 5.10. The van der Waals surface area contributed by atoms with Gasteiger partial charge in [-0.25, -0.2) is 0 Å². The van der Waals surface area contributed by atoms with E-state index >= 15 is 0 Å². The normalized spacial score (nSPS) is 10.9. The summed E-state index contributed by atoms with van der Waals surface area (Å²) < 4.78 is 6.73. The van der Waals surface area contributed by atoms with Gasteiger partial charge in [-0.15, -0.1) is 23.1 Å². The second-order valence-electron chi connectivity index (χ2n) is 5.42. The third-order valence-electron chi connectivity index (χ3n) is 3.75. The number of carbonyl (C=O) groups excluding carboxylic acids is 1. The number of esters is 1. The van der Waals surface area contributed by atoms with E-state index in [9.17, 15) is 20.1 Å². The lowest BCUT2D eigenvalue weighted by Gasteiger charge is -2.01. The molecule has 0 fully saturated rings. The van der Waals surface area contributed by atoms with E-state index in [1.807, 2.05) is 42.7 Å². The molecular formula is C19H17N3O3S2. The van der Waals surface area contributed by atoms with E-state index in [-0.39, 0.29) is 30.1 Å². The molecule has 0 spiro atoms. The van der Waals surface area contributed by atoms with Crippen molar-refractivity contribution in [2.24, 2.45) is 0 Å². The molecule has 1 aromatic heterocycles. The van der Waals surface area contributed by atoms with Crippen LogP contribution in [0.2, 0.25) is 0 Å². The van der Waals surface area contributed by atoms with Crippen LogP contribution in [0.25, 0.3) is 11.6 Å². The van der Waals surface area contributed by atoms with Crippen molar-refractivity contribution in [3.8, 4) is 12.1 Å². The van der Waals surface area contributed by atoms with Gasteiger partial charge < -0.3 is 4.74 Å². The van der Waals surface area contributed by atoms with Gasteiger partial charge in [0.05, 0.1) is 11.6 Å². The van der Waals surface area contributed by atoms with Crippen molar-refractivity contribution < 1.29 is 9.53 Å². The number of carbonyl (C=O) groups is 1. The Hall–Kier alpha value is -2.81. The highest BCUT2D eigenvalue weighted by Gasteiger charge is 2.10. The number of ether oxygens (including phenoxy) is 1. The SMILES string of the molecule is COC(=O)CCCn1c(=C(C#N)C#N)s/c(=C/c2ccc(SC)cc2)c1=O. The number of rotatable bonds is 6. The van der Waals surface area contributed by atoms with E-state index in [2.05, 4.69) is 4.74 Å². The van der Waals surface area contributed by atoms with E-state index < -0.39 is 0 Å².